The molecule has 0 radical (unpaired) electrons. The fourth-order valence-electron chi connectivity index (χ4n) is 1.73. The molecular formula is C11H22ClNO2. The quantitative estimate of drug-likeness (QED) is 0.496. The summed E-state index contributed by atoms with van der Waals surface area (Å²) in [4.78, 5) is 2.43. The van der Waals surface area contributed by atoms with Crippen LogP contribution in [-0.4, -0.2) is 56.8 Å². The third-order valence-electron chi connectivity index (χ3n) is 2.71. The van der Waals surface area contributed by atoms with Gasteiger partial charge in [0.25, 0.3) is 0 Å². The molecule has 0 N–H and O–H groups in total. The number of halogens is 1. The number of ether oxygens (including phenoxy) is 2. The fourth-order valence-corrected chi connectivity index (χ4v) is 1.92. The van der Waals surface area contributed by atoms with Crippen molar-refractivity contribution in [3.8, 4) is 0 Å². The van der Waals surface area contributed by atoms with E-state index in [1.807, 2.05) is 0 Å². The number of hydrogen-bond acceptors (Lipinski definition) is 3. The Labute approximate surface area is 97.7 Å². The molecule has 1 heterocycles. The number of piperidine rings is 1. The second-order valence-corrected chi connectivity index (χ2v) is 4.59. The Bertz CT molecular complexity index is 150. The number of hydrogen-bond donors (Lipinski definition) is 0. The Balaban J connectivity index is 1.87. The average molecular weight is 236 g/mol. The normalized spacial score (nSPS) is 19.6. The molecule has 1 aliphatic rings. The van der Waals surface area contributed by atoms with Crippen LogP contribution in [0.5, 0.6) is 0 Å². The van der Waals surface area contributed by atoms with Gasteiger partial charge in [-0.15, -0.1) is 11.6 Å². The van der Waals surface area contributed by atoms with Crippen molar-refractivity contribution in [2.45, 2.75) is 24.6 Å². The highest BCUT2D eigenvalue weighted by molar-refractivity contribution is 6.20. The van der Waals surface area contributed by atoms with E-state index in [1.165, 1.54) is 0 Å². The van der Waals surface area contributed by atoms with Crippen molar-refractivity contribution < 1.29 is 9.47 Å². The van der Waals surface area contributed by atoms with Gasteiger partial charge >= 0.3 is 0 Å². The average Bonchev–Trinajstić information content (AvgIpc) is 2.26. The van der Waals surface area contributed by atoms with Gasteiger partial charge in [0.05, 0.1) is 6.61 Å². The Hall–Kier alpha value is 0.170. The fraction of sp³-hybridized carbons (Fsp3) is 1.00. The summed E-state index contributed by atoms with van der Waals surface area (Å²) in [5.41, 5.74) is 0. The van der Waals surface area contributed by atoms with Gasteiger partial charge in [-0.2, -0.15) is 0 Å². The lowest BCUT2D eigenvalue weighted by Gasteiger charge is -2.28. The first-order valence-electron chi connectivity index (χ1n) is 5.76. The van der Waals surface area contributed by atoms with Crippen molar-refractivity contribution in [2.75, 3.05) is 46.6 Å². The first-order valence-corrected chi connectivity index (χ1v) is 6.19. The maximum Gasteiger partial charge on any atom is 0.0593 e. The Morgan fingerprint density at radius 3 is 2.60 bits per heavy atom. The molecule has 3 nitrogen and oxygen atoms in total. The molecule has 1 rings (SSSR count). The predicted octanol–water partition coefficient (Wildman–Crippen LogP) is 1.74. The lowest BCUT2D eigenvalue weighted by Crippen LogP contribution is -2.36. The van der Waals surface area contributed by atoms with Gasteiger partial charge in [0.1, 0.15) is 0 Å². The molecule has 1 aliphatic heterocycles. The lowest BCUT2D eigenvalue weighted by molar-refractivity contribution is 0.0794. The van der Waals surface area contributed by atoms with Crippen LogP contribution in [0.3, 0.4) is 0 Å². The van der Waals surface area contributed by atoms with Crippen LogP contribution in [0.2, 0.25) is 0 Å². The maximum absolute atomic E-state index is 6.03. The number of nitrogens with zero attached hydrogens (tertiary/aromatic N) is 1. The maximum atomic E-state index is 6.03. The van der Waals surface area contributed by atoms with Crippen LogP contribution in [0.15, 0.2) is 0 Å². The zero-order valence-electron chi connectivity index (χ0n) is 9.58. The molecule has 1 fully saturated rings. The molecule has 0 atom stereocenters. The number of rotatable bonds is 7. The second kappa shape index (κ2) is 8.34. The van der Waals surface area contributed by atoms with E-state index in [0.29, 0.717) is 5.38 Å². The summed E-state index contributed by atoms with van der Waals surface area (Å²) in [6.45, 7) is 5.70. The topological polar surface area (TPSA) is 21.7 Å². The van der Waals surface area contributed by atoms with E-state index in [1.54, 1.807) is 7.11 Å². The van der Waals surface area contributed by atoms with Gasteiger partial charge in [0.15, 0.2) is 0 Å². The van der Waals surface area contributed by atoms with E-state index in [-0.39, 0.29) is 0 Å². The molecule has 0 unspecified atom stereocenters. The van der Waals surface area contributed by atoms with Crippen LogP contribution in [0.1, 0.15) is 19.3 Å². The monoisotopic (exact) mass is 235 g/mol. The van der Waals surface area contributed by atoms with Crippen molar-refractivity contribution in [2.24, 2.45) is 0 Å². The molecule has 0 aliphatic carbocycles. The highest BCUT2D eigenvalue weighted by Crippen LogP contribution is 2.14. The van der Waals surface area contributed by atoms with Crippen LogP contribution in [0, 0.1) is 0 Å². The molecule has 4 heteroatoms. The van der Waals surface area contributed by atoms with Gasteiger partial charge in [0, 0.05) is 32.2 Å². The number of alkyl halides is 1. The van der Waals surface area contributed by atoms with Crippen LogP contribution in [0.4, 0.5) is 0 Å². The van der Waals surface area contributed by atoms with Crippen LogP contribution < -0.4 is 0 Å². The van der Waals surface area contributed by atoms with Gasteiger partial charge < -0.3 is 14.4 Å². The third-order valence-corrected chi connectivity index (χ3v) is 3.14. The number of methoxy groups -OCH3 is 1. The smallest absolute Gasteiger partial charge is 0.0593 e. The molecule has 15 heavy (non-hydrogen) atoms. The van der Waals surface area contributed by atoms with E-state index in [4.69, 9.17) is 21.1 Å². The van der Waals surface area contributed by atoms with Gasteiger partial charge in [-0.25, -0.2) is 0 Å². The lowest BCUT2D eigenvalue weighted by atomic mass is 10.1. The first-order chi connectivity index (χ1) is 7.33. The third kappa shape index (κ3) is 6.36. The summed E-state index contributed by atoms with van der Waals surface area (Å²) < 4.78 is 10.5. The largest absolute Gasteiger partial charge is 0.385 e. The van der Waals surface area contributed by atoms with Gasteiger partial charge in [-0.3, -0.25) is 0 Å². The molecule has 1 saturated heterocycles. The zero-order chi connectivity index (χ0) is 10.9. The summed E-state index contributed by atoms with van der Waals surface area (Å²) in [6.07, 6.45) is 3.22. The van der Waals surface area contributed by atoms with E-state index in [0.717, 1.165) is 58.7 Å². The molecule has 0 bridgehead atoms. The van der Waals surface area contributed by atoms with Gasteiger partial charge in [-0.05, 0) is 32.4 Å². The van der Waals surface area contributed by atoms with Crippen molar-refractivity contribution in [3.63, 3.8) is 0 Å². The minimum atomic E-state index is 0.392. The van der Waals surface area contributed by atoms with Crippen LogP contribution in [-0.2, 0) is 9.47 Å². The van der Waals surface area contributed by atoms with E-state index < -0.39 is 0 Å². The van der Waals surface area contributed by atoms with E-state index in [9.17, 15) is 0 Å². The molecule has 0 saturated carbocycles. The van der Waals surface area contributed by atoms with Crippen LogP contribution >= 0.6 is 11.6 Å². The predicted molar refractivity (Wildman–Crippen MR) is 62.6 cm³/mol. The van der Waals surface area contributed by atoms with Gasteiger partial charge in [-0.1, -0.05) is 0 Å². The standard InChI is InChI=1S/C11H22ClNO2/c1-14-8-2-9-15-10-7-13-5-3-11(12)4-6-13/h11H,2-10H2,1H3. The minimum Gasteiger partial charge on any atom is -0.385 e. The minimum absolute atomic E-state index is 0.392. The summed E-state index contributed by atoms with van der Waals surface area (Å²) in [7, 11) is 1.72. The number of likely N-dealkylation sites (tertiary alicyclic amines) is 1. The van der Waals surface area contributed by atoms with Gasteiger partial charge in [0.2, 0.25) is 0 Å². The highest BCUT2D eigenvalue weighted by Gasteiger charge is 2.16. The highest BCUT2D eigenvalue weighted by atomic mass is 35.5. The summed E-state index contributed by atoms with van der Waals surface area (Å²) in [5.74, 6) is 0. The molecule has 0 aromatic carbocycles. The Morgan fingerprint density at radius 1 is 1.20 bits per heavy atom. The van der Waals surface area contributed by atoms with Crippen molar-refractivity contribution >= 4 is 11.6 Å². The SMILES string of the molecule is COCCCOCCN1CCC(Cl)CC1. The molecule has 0 aromatic heterocycles. The summed E-state index contributed by atoms with van der Waals surface area (Å²) in [6, 6.07) is 0. The van der Waals surface area contributed by atoms with Crippen molar-refractivity contribution in [3.05, 3.63) is 0 Å². The zero-order valence-corrected chi connectivity index (χ0v) is 10.3. The summed E-state index contributed by atoms with van der Waals surface area (Å²) >= 11 is 6.03. The van der Waals surface area contributed by atoms with Crippen LogP contribution in [0.25, 0.3) is 0 Å². The molecule has 0 amide bonds. The Kier molecular flexibility index (Phi) is 7.36. The first kappa shape index (κ1) is 13.2. The van der Waals surface area contributed by atoms with Crippen molar-refractivity contribution in [1.82, 2.24) is 4.90 Å². The molecule has 0 aromatic rings. The summed E-state index contributed by atoms with van der Waals surface area (Å²) in [5, 5.41) is 0.392. The Morgan fingerprint density at radius 2 is 1.93 bits per heavy atom. The molecule has 90 valence electrons. The van der Waals surface area contributed by atoms with E-state index >= 15 is 0 Å². The molecular weight excluding hydrogens is 214 g/mol. The molecule has 0 spiro atoms. The van der Waals surface area contributed by atoms with Crippen molar-refractivity contribution in [1.29, 1.82) is 0 Å². The van der Waals surface area contributed by atoms with E-state index in [2.05, 4.69) is 4.90 Å². The second-order valence-electron chi connectivity index (χ2n) is 3.97.